The second kappa shape index (κ2) is 12.2. The molecule has 104 valence electrons. The molecule has 1 nitrogen and oxygen atoms in total. The standard InChI is InChI=1S/3C4H9.C2H6OS.Sn/c3*1-3-4-2;3-1-2-4;/h3*1,3-4H2,2H3;3-4H,1-2H2;/q;;;;+1/p-1. The third-order valence-electron chi connectivity index (χ3n) is 3.46. The van der Waals surface area contributed by atoms with Crippen molar-refractivity contribution in [1.82, 2.24) is 0 Å². The summed E-state index contributed by atoms with van der Waals surface area (Å²) in [7, 11) is 2.25. The number of hydrogen-bond acceptors (Lipinski definition) is 2. The van der Waals surface area contributed by atoms with Crippen molar-refractivity contribution in [2.75, 3.05) is 12.4 Å². The molecule has 0 saturated heterocycles. The van der Waals surface area contributed by atoms with Gasteiger partial charge in [0.25, 0.3) is 0 Å². The van der Waals surface area contributed by atoms with E-state index in [1.165, 1.54) is 38.5 Å². The number of rotatable bonds is 12. The van der Waals surface area contributed by atoms with Gasteiger partial charge in [-0.3, -0.25) is 0 Å². The van der Waals surface area contributed by atoms with E-state index in [0.717, 1.165) is 5.75 Å². The van der Waals surface area contributed by atoms with Crippen LogP contribution in [-0.4, -0.2) is 34.5 Å². The van der Waals surface area contributed by atoms with Crippen LogP contribution in [0.3, 0.4) is 0 Å². The fourth-order valence-electron chi connectivity index (χ4n) is 2.35. The van der Waals surface area contributed by atoms with Gasteiger partial charge in [0.05, 0.1) is 0 Å². The molecule has 0 saturated carbocycles. The Morgan fingerprint density at radius 1 is 0.824 bits per heavy atom. The van der Waals surface area contributed by atoms with Gasteiger partial charge in [-0.15, -0.1) is 0 Å². The van der Waals surface area contributed by atoms with Gasteiger partial charge < -0.3 is 0 Å². The maximum absolute atomic E-state index is 9.12. The number of unbranched alkanes of at least 4 members (excludes halogenated alkanes) is 3. The van der Waals surface area contributed by atoms with Crippen molar-refractivity contribution in [3.63, 3.8) is 0 Å². The topological polar surface area (TPSA) is 20.2 Å². The molecule has 3 heteroatoms. The maximum atomic E-state index is 9.12. The monoisotopic (exact) mass is 368 g/mol. The Bertz CT molecular complexity index is 127. The Morgan fingerprint density at radius 2 is 1.24 bits per heavy atom. The van der Waals surface area contributed by atoms with Gasteiger partial charge in [0.1, 0.15) is 0 Å². The van der Waals surface area contributed by atoms with Crippen LogP contribution in [0.1, 0.15) is 59.3 Å². The molecule has 0 spiro atoms. The summed E-state index contributed by atoms with van der Waals surface area (Å²) in [4.78, 5) is 0. The molecule has 0 atom stereocenters. The molecular weight excluding hydrogens is 335 g/mol. The number of hydrogen-bond donors (Lipinski definition) is 1. The van der Waals surface area contributed by atoms with E-state index in [-0.39, 0.29) is 0 Å². The number of aliphatic hydroxyl groups excluding tert-OH is 1. The summed E-state index contributed by atoms with van der Waals surface area (Å²) in [5.41, 5.74) is 0. The fraction of sp³-hybridized carbons (Fsp3) is 1.00. The molecule has 0 unspecified atom stereocenters. The van der Waals surface area contributed by atoms with Gasteiger partial charge in [-0.2, -0.15) is 0 Å². The van der Waals surface area contributed by atoms with E-state index in [1.807, 2.05) is 0 Å². The van der Waals surface area contributed by atoms with E-state index < -0.39 is 17.0 Å². The van der Waals surface area contributed by atoms with Crippen LogP contribution < -0.4 is 0 Å². The third kappa shape index (κ3) is 8.76. The van der Waals surface area contributed by atoms with Crippen LogP contribution >= 0.6 is 8.95 Å². The number of aliphatic hydroxyl groups is 1. The second-order valence-corrected chi connectivity index (χ2v) is 25.1. The van der Waals surface area contributed by atoms with Crippen molar-refractivity contribution in [1.29, 1.82) is 0 Å². The van der Waals surface area contributed by atoms with Crippen LogP contribution in [0.2, 0.25) is 13.3 Å². The predicted molar refractivity (Wildman–Crippen MR) is 84.4 cm³/mol. The molecule has 0 aliphatic rings. The summed E-state index contributed by atoms with van der Waals surface area (Å²) in [5.74, 6) is 1.01. The molecule has 0 rings (SSSR count). The normalized spacial score (nSPS) is 12.0. The van der Waals surface area contributed by atoms with Crippen molar-refractivity contribution in [3.05, 3.63) is 0 Å². The van der Waals surface area contributed by atoms with Gasteiger partial charge in [0.15, 0.2) is 0 Å². The van der Waals surface area contributed by atoms with Gasteiger partial charge in [-0.05, 0) is 0 Å². The Morgan fingerprint density at radius 3 is 1.53 bits per heavy atom. The van der Waals surface area contributed by atoms with Crippen LogP contribution in [-0.2, 0) is 0 Å². The summed E-state index contributed by atoms with van der Waals surface area (Å²) >= 11 is -1.93. The molecule has 0 aromatic carbocycles. The summed E-state index contributed by atoms with van der Waals surface area (Å²) in [5, 5.41) is 9.12. The first-order chi connectivity index (χ1) is 8.24. The molecule has 0 aliphatic carbocycles. The molecule has 17 heavy (non-hydrogen) atoms. The zero-order chi connectivity index (χ0) is 13.0. The Balaban J connectivity index is 4.39. The fourth-order valence-corrected chi connectivity index (χ4v) is 25.1. The average molecular weight is 367 g/mol. The molecule has 0 heterocycles. The molecule has 1 N–H and O–H groups in total. The van der Waals surface area contributed by atoms with E-state index in [0.29, 0.717) is 6.61 Å². The van der Waals surface area contributed by atoms with Crippen LogP contribution in [0.4, 0.5) is 0 Å². The van der Waals surface area contributed by atoms with E-state index in [1.54, 1.807) is 13.3 Å². The summed E-state index contributed by atoms with van der Waals surface area (Å²) in [6.45, 7) is 7.32. The molecule has 0 amide bonds. The average Bonchev–Trinajstić information content (AvgIpc) is 2.37. The zero-order valence-electron chi connectivity index (χ0n) is 12.1. The van der Waals surface area contributed by atoms with Gasteiger partial charge in [-0.25, -0.2) is 0 Å². The first-order valence-electron chi connectivity index (χ1n) is 7.49. The van der Waals surface area contributed by atoms with Gasteiger partial charge >= 0.3 is 116 Å². The first-order valence-corrected chi connectivity index (χ1v) is 18.0. The Hall–Kier alpha value is 1.11. The second-order valence-electron chi connectivity index (χ2n) is 5.07. The molecule has 0 radical (unpaired) electrons. The quantitative estimate of drug-likeness (QED) is 0.487. The van der Waals surface area contributed by atoms with E-state index in [9.17, 15) is 0 Å². The van der Waals surface area contributed by atoms with Gasteiger partial charge in [0, 0.05) is 0 Å². The van der Waals surface area contributed by atoms with Gasteiger partial charge in [-0.1, -0.05) is 0 Å². The van der Waals surface area contributed by atoms with Crippen molar-refractivity contribution in [2.24, 2.45) is 0 Å². The Kier molecular flexibility index (Phi) is 13.0. The molecule has 0 aromatic rings. The minimum absolute atomic E-state index is 0.383. The van der Waals surface area contributed by atoms with Crippen molar-refractivity contribution in [3.8, 4) is 0 Å². The SMILES string of the molecule is CCC[CH2][Sn]([CH2]CCC)([CH2]CCC)[S]CCO. The van der Waals surface area contributed by atoms with Crippen LogP contribution in [0.25, 0.3) is 0 Å². The summed E-state index contributed by atoms with van der Waals surface area (Å²) in [6, 6.07) is 0. The van der Waals surface area contributed by atoms with Crippen molar-refractivity contribution < 1.29 is 5.11 Å². The molecule has 0 fully saturated rings. The summed E-state index contributed by atoms with van der Waals surface area (Å²) < 4.78 is 4.65. The van der Waals surface area contributed by atoms with Crippen LogP contribution in [0.5, 0.6) is 0 Å². The predicted octanol–water partition coefficient (Wildman–Crippen LogP) is 5.06. The molecule has 0 bridgehead atoms. The van der Waals surface area contributed by atoms with Crippen molar-refractivity contribution in [2.45, 2.75) is 72.6 Å². The zero-order valence-corrected chi connectivity index (χ0v) is 15.8. The van der Waals surface area contributed by atoms with E-state index in [4.69, 9.17) is 5.11 Å². The molecule has 0 aromatic heterocycles. The summed E-state index contributed by atoms with van der Waals surface area (Å²) in [6.07, 6.45) is 8.33. The molecule has 0 aliphatic heterocycles. The van der Waals surface area contributed by atoms with Gasteiger partial charge in [0.2, 0.25) is 0 Å². The van der Waals surface area contributed by atoms with Crippen LogP contribution in [0.15, 0.2) is 0 Å². The van der Waals surface area contributed by atoms with Crippen LogP contribution in [0, 0.1) is 0 Å². The Labute approximate surface area is 115 Å². The van der Waals surface area contributed by atoms with Crippen molar-refractivity contribution >= 4 is 25.9 Å². The first kappa shape index (κ1) is 18.1. The van der Waals surface area contributed by atoms with E-state index in [2.05, 4.69) is 29.7 Å². The minimum atomic E-state index is -1.93. The molecular formula is C14H32OSSn. The van der Waals surface area contributed by atoms with E-state index >= 15 is 0 Å². The third-order valence-corrected chi connectivity index (χ3v) is 26.4.